The van der Waals surface area contributed by atoms with Gasteiger partial charge in [-0.25, -0.2) is 0 Å². The van der Waals surface area contributed by atoms with Crippen LogP contribution in [0.2, 0.25) is 0 Å². The Labute approximate surface area is 129 Å². The van der Waals surface area contributed by atoms with Crippen molar-refractivity contribution >= 4 is 23.2 Å². The SMILES string of the molecule is C=CCN(CC(=O)O)C(=O)c1cc2c(s1)CCC(CC)C2. The summed E-state index contributed by atoms with van der Waals surface area (Å²) in [6.45, 7) is 5.76. The normalized spacial score (nSPS) is 17.1. The first kappa shape index (κ1) is 15.8. The summed E-state index contributed by atoms with van der Waals surface area (Å²) in [7, 11) is 0. The molecular formula is C16H21NO3S. The molecule has 0 aromatic carbocycles. The molecule has 5 heteroatoms. The number of aliphatic carboxylic acids is 1. The summed E-state index contributed by atoms with van der Waals surface area (Å²) in [6.07, 6.45) is 5.98. The predicted octanol–water partition coefficient (Wildman–Crippen LogP) is 2.98. The number of rotatable bonds is 6. The molecular weight excluding hydrogens is 286 g/mol. The lowest BCUT2D eigenvalue weighted by Crippen LogP contribution is -2.35. The van der Waals surface area contributed by atoms with Crippen LogP contribution in [0.15, 0.2) is 18.7 Å². The summed E-state index contributed by atoms with van der Waals surface area (Å²) in [4.78, 5) is 26.6. The van der Waals surface area contributed by atoms with Crippen LogP contribution in [-0.2, 0) is 17.6 Å². The van der Waals surface area contributed by atoms with Crippen LogP contribution in [0.4, 0.5) is 0 Å². The van der Waals surface area contributed by atoms with Gasteiger partial charge in [0.15, 0.2) is 0 Å². The fourth-order valence-electron chi connectivity index (χ4n) is 2.75. The third-order valence-electron chi connectivity index (χ3n) is 3.94. The van der Waals surface area contributed by atoms with Crippen molar-refractivity contribution in [3.05, 3.63) is 34.0 Å². The first-order valence-electron chi connectivity index (χ1n) is 7.28. The maximum atomic E-state index is 12.5. The second-order valence-corrected chi connectivity index (χ2v) is 6.58. The summed E-state index contributed by atoms with van der Waals surface area (Å²) in [6, 6.07) is 1.96. The van der Waals surface area contributed by atoms with Crippen molar-refractivity contribution < 1.29 is 14.7 Å². The molecule has 4 nitrogen and oxygen atoms in total. The van der Waals surface area contributed by atoms with E-state index in [0.29, 0.717) is 10.8 Å². The molecule has 0 saturated heterocycles. The number of carboxylic acids is 1. The number of carbonyl (C=O) groups is 2. The number of thiophene rings is 1. The number of carbonyl (C=O) groups excluding carboxylic acids is 1. The van der Waals surface area contributed by atoms with Gasteiger partial charge in [-0.15, -0.1) is 17.9 Å². The van der Waals surface area contributed by atoms with Crippen molar-refractivity contribution in [3.63, 3.8) is 0 Å². The van der Waals surface area contributed by atoms with E-state index < -0.39 is 5.97 Å². The smallest absolute Gasteiger partial charge is 0.323 e. The van der Waals surface area contributed by atoms with Gasteiger partial charge in [0.25, 0.3) is 5.91 Å². The third-order valence-corrected chi connectivity index (χ3v) is 5.16. The standard InChI is InChI=1S/C16H21NO3S/c1-3-7-17(10-15(18)19)16(20)14-9-12-8-11(4-2)5-6-13(12)21-14/h3,9,11H,1,4-8,10H2,2H3,(H,18,19). The number of fused-ring (bicyclic) bond motifs is 1. The Morgan fingerprint density at radius 3 is 2.95 bits per heavy atom. The van der Waals surface area contributed by atoms with Crippen molar-refractivity contribution in [3.8, 4) is 0 Å². The summed E-state index contributed by atoms with van der Waals surface area (Å²) in [5.41, 5.74) is 1.27. The first-order valence-corrected chi connectivity index (χ1v) is 8.10. The van der Waals surface area contributed by atoms with Gasteiger partial charge in [-0.05, 0) is 36.8 Å². The average Bonchev–Trinajstić information content (AvgIpc) is 2.88. The zero-order valence-corrected chi connectivity index (χ0v) is 13.1. The topological polar surface area (TPSA) is 57.6 Å². The van der Waals surface area contributed by atoms with Gasteiger partial charge in [0, 0.05) is 11.4 Å². The van der Waals surface area contributed by atoms with Crippen LogP contribution >= 0.6 is 11.3 Å². The van der Waals surface area contributed by atoms with Crippen LogP contribution in [0.1, 0.15) is 39.9 Å². The van der Waals surface area contributed by atoms with E-state index in [9.17, 15) is 9.59 Å². The average molecular weight is 307 g/mol. The maximum absolute atomic E-state index is 12.5. The number of carboxylic acid groups (broad SMARTS) is 1. The van der Waals surface area contributed by atoms with E-state index in [4.69, 9.17) is 5.11 Å². The molecule has 1 aliphatic rings. The van der Waals surface area contributed by atoms with Gasteiger partial charge in [-0.2, -0.15) is 0 Å². The van der Waals surface area contributed by atoms with E-state index in [1.807, 2.05) is 6.07 Å². The highest BCUT2D eigenvalue weighted by molar-refractivity contribution is 7.14. The Kier molecular flexibility index (Phi) is 5.17. The predicted molar refractivity (Wildman–Crippen MR) is 83.9 cm³/mol. The van der Waals surface area contributed by atoms with Crippen LogP contribution < -0.4 is 0 Å². The first-order chi connectivity index (χ1) is 10.0. The zero-order chi connectivity index (χ0) is 15.4. The molecule has 1 aromatic rings. The summed E-state index contributed by atoms with van der Waals surface area (Å²) in [5, 5.41) is 8.91. The highest BCUT2D eigenvalue weighted by Crippen LogP contribution is 2.34. The van der Waals surface area contributed by atoms with Gasteiger partial charge in [0.2, 0.25) is 0 Å². The Morgan fingerprint density at radius 2 is 2.33 bits per heavy atom. The number of hydrogen-bond acceptors (Lipinski definition) is 3. The van der Waals surface area contributed by atoms with Crippen molar-refractivity contribution in [1.82, 2.24) is 4.90 Å². The molecule has 0 radical (unpaired) electrons. The monoisotopic (exact) mass is 307 g/mol. The van der Waals surface area contributed by atoms with Crippen molar-refractivity contribution in [2.75, 3.05) is 13.1 Å². The van der Waals surface area contributed by atoms with Crippen LogP contribution in [0.5, 0.6) is 0 Å². The second kappa shape index (κ2) is 6.89. The lowest BCUT2D eigenvalue weighted by Gasteiger charge is -2.19. The number of hydrogen-bond donors (Lipinski definition) is 1. The molecule has 1 aliphatic carbocycles. The molecule has 1 N–H and O–H groups in total. The van der Waals surface area contributed by atoms with Crippen LogP contribution in [0.25, 0.3) is 0 Å². The van der Waals surface area contributed by atoms with Crippen LogP contribution in [0.3, 0.4) is 0 Å². The van der Waals surface area contributed by atoms with Crippen molar-refractivity contribution in [2.24, 2.45) is 5.92 Å². The molecule has 2 rings (SSSR count). The third kappa shape index (κ3) is 3.73. The summed E-state index contributed by atoms with van der Waals surface area (Å²) < 4.78 is 0. The van der Waals surface area contributed by atoms with Crippen molar-refractivity contribution in [1.29, 1.82) is 0 Å². The minimum absolute atomic E-state index is 0.204. The molecule has 1 aromatic heterocycles. The summed E-state index contributed by atoms with van der Waals surface area (Å²) >= 11 is 1.52. The van der Waals surface area contributed by atoms with E-state index in [1.54, 1.807) is 6.08 Å². The molecule has 1 heterocycles. The zero-order valence-electron chi connectivity index (χ0n) is 12.3. The summed E-state index contributed by atoms with van der Waals surface area (Å²) in [5.74, 6) is -0.499. The molecule has 0 spiro atoms. The van der Waals surface area contributed by atoms with E-state index in [-0.39, 0.29) is 19.0 Å². The molecule has 0 fully saturated rings. The number of aryl methyl sites for hydroxylation is 1. The van der Waals surface area contributed by atoms with Gasteiger partial charge < -0.3 is 10.0 Å². The largest absolute Gasteiger partial charge is 0.480 e. The quantitative estimate of drug-likeness (QED) is 0.822. The molecule has 0 aliphatic heterocycles. The Bertz CT molecular complexity index is 550. The number of amides is 1. The fourth-order valence-corrected chi connectivity index (χ4v) is 3.92. The minimum atomic E-state index is -1.00. The molecule has 1 amide bonds. The highest BCUT2D eigenvalue weighted by atomic mass is 32.1. The Hall–Kier alpha value is -1.62. The van der Waals surface area contributed by atoms with Gasteiger partial charge in [-0.1, -0.05) is 19.4 Å². The van der Waals surface area contributed by atoms with E-state index in [1.165, 1.54) is 39.5 Å². The maximum Gasteiger partial charge on any atom is 0.323 e. The van der Waals surface area contributed by atoms with Gasteiger partial charge in [0.05, 0.1) is 4.88 Å². The van der Waals surface area contributed by atoms with E-state index >= 15 is 0 Å². The lowest BCUT2D eigenvalue weighted by molar-refractivity contribution is -0.137. The molecule has 114 valence electrons. The molecule has 0 bridgehead atoms. The number of nitrogens with zero attached hydrogens (tertiary/aromatic N) is 1. The van der Waals surface area contributed by atoms with E-state index in [0.717, 1.165) is 12.8 Å². The van der Waals surface area contributed by atoms with Crippen LogP contribution in [-0.4, -0.2) is 35.0 Å². The van der Waals surface area contributed by atoms with Crippen molar-refractivity contribution in [2.45, 2.75) is 32.6 Å². The second-order valence-electron chi connectivity index (χ2n) is 5.44. The van der Waals surface area contributed by atoms with E-state index in [2.05, 4.69) is 13.5 Å². The molecule has 21 heavy (non-hydrogen) atoms. The van der Waals surface area contributed by atoms with Gasteiger partial charge in [-0.3, -0.25) is 9.59 Å². The lowest BCUT2D eigenvalue weighted by atomic mass is 9.87. The van der Waals surface area contributed by atoms with Crippen LogP contribution in [0, 0.1) is 5.92 Å². The van der Waals surface area contributed by atoms with Gasteiger partial charge >= 0.3 is 5.97 Å². The highest BCUT2D eigenvalue weighted by Gasteiger charge is 2.24. The molecule has 1 atom stereocenters. The Balaban J connectivity index is 2.17. The Morgan fingerprint density at radius 1 is 1.57 bits per heavy atom. The fraction of sp³-hybridized carbons (Fsp3) is 0.500. The molecule has 0 saturated carbocycles. The minimum Gasteiger partial charge on any atom is -0.480 e. The van der Waals surface area contributed by atoms with Gasteiger partial charge in [0.1, 0.15) is 6.54 Å². The molecule has 1 unspecified atom stereocenters.